The van der Waals surface area contributed by atoms with E-state index in [-0.39, 0.29) is 17.0 Å². The molecule has 1 unspecified atom stereocenters. The van der Waals surface area contributed by atoms with Crippen LogP contribution in [-0.2, 0) is 9.59 Å². The van der Waals surface area contributed by atoms with Gasteiger partial charge in [0.15, 0.2) is 0 Å². The number of nitro groups is 1. The van der Waals surface area contributed by atoms with Crippen LogP contribution in [-0.4, -0.2) is 21.7 Å². The number of anilines is 1. The smallest absolute Gasteiger partial charge is 0.300 e. The van der Waals surface area contributed by atoms with Gasteiger partial charge in [-0.25, -0.2) is 0 Å². The minimum Gasteiger partial charge on any atom is -0.507 e. The van der Waals surface area contributed by atoms with Gasteiger partial charge in [0.2, 0.25) is 0 Å². The number of Topliss-reactive ketones (excluding diaryl/α,β-unsaturated/α-hetero) is 1. The Labute approximate surface area is 178 Å². The Morgan fingerprint density at radius 2 is 1.68 bits per heavy atom. The zero-order valence-electron chi connectivity index (χ0n) is 16.6. The third-order valence-corrected chi connectivity index (χ3v) is 5.17. The molecule has 0 aromatic heterocycles. The fourth-order valence-electron chi connectivity index (χ4n) is 3.75. The molecule has 1 saturated heterocycles. The fourth-order valence-corrected chi connectivity index (χ4v) is 3.75. The molecule has 0 aliphatic carbocycles. The number of aliphatic hydroxyl groups excluding tert-OH is 1. The number of nitro benzene ring substituents is 1. The number of hydrogen-bond acceptors (Lipinski definition) is 5. The highest BCUT2D eigenvalue weighted by Crippen LogP contribution is 2.42. The molecule has 1 heterocycles. The van der Waals surface area contributed by atoms with Crippen molar-refractivity contribution in [2.75, 3.05) is 4.90 Å². The molecule has 7 nitrogen and oxygen atoms in total. The molecule has 3 aromatic carbocycles. The van der Waals surface area contributed by atoms with E-state index in [1.54, 1.807) is 54.6 Å². The molecule has 1 amide bonds. The van der Waals surface area contributed by atoms with Crippen molar-refractivity contribution in [3.63, 3.8) is 0 Å². The van der Waals surface area contributed by atoms with Crippen LogP contribution in [0.4, 0.5) is 11.4 Å². The maximum absolute atomic E-state index is 13.1. The zero-order valence-corrected chi connectivity index (χ0v) is 16.6. The molecule has 4 rings (SSSR count). The van der Waals surface area contributed by atoms with Crippen molar-refractivity contribution in [2.45, 2.75) is 13.0 Å². The second-order valence-electron chi connectivity index (χ2n) is 7.23. The first-order valence-electron chi connectivity index (χ1n) is 9.56. The first kappa shape index (κ1) is 20.0. The minimum absolute atomic E-state index is 0.113. The van der Waals surface area contributed by atoms with Crippen molar-refractivity contribution < 1.29 is 19.6 Å². The Morgan fingerprint density at radius 3 is 2.35 bits per heavy atom. The molecule has 1 aliphatic heterocycles. The van der Waals surface area contributed by atoms with E-state index in [1.807, 2.05) is 13.0 Å². The van der Waals surface area contributed by atoms with Crippen LogP contribution in [0.25, 0.3) is 5.76 Å². The van der Waals surface area contributed by atoms with Crippen LogP contribution in [0.3, 0.4) is 0 Å². The minimum atomic E-state index is -1.01. The molecular formula is C24H18N2O5. The summed E-state index contributed by atoms with van der Waals surface area (Å²) in [6.45, 7) is 1.85. The molecule has 1 atom stereocenters. The lowest BCUT2D eigenvalue weighted by Crippen LogP contribution is -2.29. The van der Waals surface area contributed by atoms with E-state index in [0.29, 0.717) is 16.8 Å². The molecule has 0 bridgehead atoms. The third kappa shape index (κ3) is 3.57. The lowest BCUT2D eigenvalue weighted by molar-refractivity contribution is -0.384. The van der Waals surface area contributed by atoms with Crippen molar-refractivity contribution in [1.29, 1.82) is 0 Å². The predicted octanol–water partition coefficient (Wildman–Crippen LogP) is 4.53. The van der Waals surface area contributed by atoms with Crippen LogP contribution in [0.5, 0.6) is 0 Å². The van der Waals surface area contributed by atoms with Gasteiger partial charge in [0, 0.05) is 23.4 Å². The summed E-state index contributed by atoms with van der Waals surface area (Å²) >= 11 is 0. The summed E-state index contributed by atoms with van der Waals surface area (Å²) < 4.78 is 0. The van der Waals surface area contributed by atoms with Gasteiger partial charge in [-0.15, -0.1) is 0 Å². The lowest BCUT2D eigenvalue weighted by Gasteiger charge is -2.25. The van der Waals surface area contributed by atoms with Crippen molar-refractivity contribution in [2.24, 2.45) is 0 Å². The number of aliphatic hydroxyl groups is 1. The van der Waals surface area contributed by atoms with Gasteiger partial charge in [0.1, 0.15) is 5.76 Å². The van der Waals surface area contributed by atoms with Crippen molar-refractivity contribution in [3.05, 3.63) is 111 Å². The average Bonchev–Trinajstić information content (AvgIpc) is 3.04. The first-order valence-corrected chi connectivity index (χ1v) is 9.56. The topological polar surface area (TPSA) is 101 Å². The number of hydrogen-bond donors (Lipinski definition) is 1. The summed E-state index contributed by atoms with van der Waals surface area (Å²) in [5, 5.41) is 22.3. The van der Waals surface area contributed by atoms with E-state index in [1.165, 1.54) is 23.1 Å². The number of carbonyl (C=O) groups excluding carboxylic acids is 2. The van der Waals surface area contributed by atoms with E-state index in [9.17, 15) is 24.8 Å². The highest BCUT2D eigenvalue weighted by molar-refractivity contribution is 6.51. The number of benzene rings is 3. The van der Waals surface area contributed by atoms with Gasteiger partial charge in [0.25, 0.3) is 17.4 Å². The van der Waals surface area contributed by atoms with E-state index >= 15 is 0 Å². The predicted molar refractivity (Wildman–Crippen MR) is 116 cm³/mol. The molecule has 3 aromatic rings. The summed E-state index contributed by atoms with van der Waals surface area (Å²) in [4.78, 5) is 38.2. The molecule has 0 saturated carbocycles. The average molecular weight is 414 g/mol. The molecule has 1 N–H and O–H groups in total. The summed E-state index contributed by atoms with van der Waals surface area (Å²) in [5.41, 5.74) is 1.78. The van der Waals surface area contributed by atoms with Gasteiger partial charge in [0.05, 0.1) is 16.5 Å². The van der Waals surface area contributed by atoms with Gasteiger partial charge < -0.3 is 5.11 Å². The molecule has 1 aliphatic rings. The third-order valence-electron chi connectivity index (χ3n) is 5.17. The number of non-ortho nitro benzene ring substituents is 1. The summed E-state index contributed by atoms with van der Waals surface area (Å²) in [6, 6.07) is 20.2. The second-order valence-corrected chi connectivity index (χ2v) is 7.23. The van der Waals surface area contributed by atoms with Gasteiger partial charge in [-0.1, -0.05) is 54.6 Å². The number of aryl methyl sites for hydroxylation is 1. The van der Waals surface area contributed by atoms with E-state index in [4.69, 9.17) is 0 Å². The van der Waals surface area contributed by atoms with Crippen LogP contribution >= 0.6 is 0 Å². The number of nitrogens with zero attached hydrogens (tertiary/aromatic N) is 2. The molecule has 7 heteroatoms. The molecule has 1 fully saturated rings. The standard InChI is InChI=1S/C24H18N2O5/c1-15-7-5-11-18(13-15)25-21(17-10-6-12-19(14-17)26(30)31)20(23(28)24(25)29)22(27)16-8-3-2-4-9-16/h2-14,21,27H,1H3/b22-20+. The molecule has 154 valence electrons. The number of carbonyl (C=O) groups is 2. The summed E-state index contributed by atoms with van der Waals surface area (Å²) in [7, 11) is 0. The van der Waals surface area contributed by atoms with Crippen LogP contribution in [0.15, 0.2) is 84.4 Å². The normalized spacial score (nSPS) is 17.7. The number of rotatable bonds is 4. The van der Waals surface area contributed by atoms with E-state index in [2.05, 4.69) is 0 Å². The Bertz CT molecular complexity index is 1230. The van der Waals surface area contributed by atoms with Crippen LogP contribution in [0.2, 0.25) is 0 Å². The second kappa shape index (κ2) is 7.87. The van der Waals surface area contributed by atoms with E-state index < -0.39 is 22.7 Å². The van der Waals surface area contributed by atoms with Crippen LogP contribution in [0, 0.1) is 17.0 Å². The van der Waals surface area contributed by atoms with Crippen molar-refractivity contribution >= 4 is 28.8 Å². The Kier molecular flexibility index (Phi) is 5.09. The first-order chi connectivity index (χ1) is 14.9. The van der Waals surface area contributed by atoms with Gasteiger partial charge in [-0.2, -0.15) is 0 Å². The largest absolute Gasteiger partial charge is 0.507 e. The van der Waals surface area contributed by atoms with E-state index in [0.717, 1.165) is 5.56 Å². The summed E-state index contributed by atoms with van der Waals surface area (Å²) in [5.74, 6) is -1.98. The van der Waals surface area contributed by atoms with Gasteiger partial charge in [-0.3, -0.25) is 24.6 Å². The van der Waals surface area contributed by atoms with Crippen molar-refractivity contribution in [3.8, 4) is 0 Å². The highest BCUT2D eigenvalue weighted by Gasteiger charge is 2.47. The Balaban J connectivity index is 1.98. The maximum atomic E-state index is 13.1. The lowest BCUT2D eigenvalue weighted by atomic mass is 9.94. The quantitative estimate of drug-likeness (QED) is 0.222. The number of ketones is 1. The highest BCUT2D eigenvalue weighted by atomic mass is 16.6. The summed E-state index contributed by atoms with van der Waals surface area (Å²) in [6.07, 6.45) is 0. The van der Waals surface area contributed by atoms with Gasteiger partial charge >= 0.3 is 0 Å². The fraction of sp³-hybridized carbons (Fsp3) is 0.0833. The monoisotopic (exact) mass is 414 g/mol. The number of amides is 1. The zero-order chi connectivity index (χ0) is 22.1. The van der Waals surface area contributed by atoms with Crippen LogP contribution in [0.1, 0.15) is 22.7 Å². The Hall–Kier alpha value is -4.26. The molecule has 0 radical (unpaired) electrons. The maximum Gasteiger partial charge on any atom is 0.300 e. The Morgan fingerprint density at radius 1 is 0.968 bits per heavy atom. The molecule has 31 heavy (non-hydrogen) atoms. The SMILES string of the molecule is Cc1cccc(N2C(=O)C(=O)/C(=C(/O)c3ccccc3)C2c2cccc([N+](=O)[O-])c2)c1. The van der Waals surface area contributed by atoms with Crippen molar-refractivity contribution in [1.82, 2.24) is 0 Å². The molecule has 0 spiro atoms. The van der Waals surface area contributed by atoms with Gasteiger partial charge in [-0.05, 0) is 30.2 Å². The molecular weight excluding hydrogens is 396 g/mol. The van der Waals surface area contributed by atoms with Crippen LogP contribution < -0.4 is 4.90 Å².